The summed E-state index contributed by atoms with van der Waals surface area (Å²) in [6.45, 7) is 8.25. The third-order valence-electron chi connectivity index (χ3n) is 2.86. The van der Waals surface area contributed by atoms with Crippen molar-refractivity contribution in [3.8, 4) is 0 Å². The molecular weight excluding hydrogens is 179 g/mol. The molecule has 0 amide bonds. The van der Waals surface area contributed by atoms with Gasteiger partial charge in [0, 0.05) is 6.61 Å². The third kappa shape index (κ3) is 2.38. The topological polar surface area (TPSA) is 38.7 Å². The molecule has 4 heteroatoms. The minimum Gasteiger partial charge on any atom is -0.400 e. The van der Waals surface area contributed by atoms with Crippen molar-refractivity contribution >= 4 is 7.12 Å². The van der Waals surface area contributed by atoms with E-state index < -0.39 is 0 Å². The van der Waals surface area contributed by atoms with Crippen LogP contribution in [-0.4, -0.2) is 30.0 Å². The van der Waals surface area contributed by atoms with Crippen LogP contribution in [0.5, 0.6) is 0 Å². The highest BCUT2D eigenvalue weighted by Crippen LogP contribution is 2.36. The number of rotatable bonds is 3. The Labute approximate surface area is 86.2 Å². The van der Waals surface area contributed by atoms with Gasteiger partial charge in [0.25, 0.3) is 0 Å². The van der Waals surface area contributed by atoms with Crippen molar-refractivity contribution in [2.75, 3.05) is 6.61 Å². The van der Waals surface area contributed by atoms with Crippen molar-refractivity contribution in [1.29, 1.82) is 0 Å². The molecule has 0 aromatic heterocycles. The van der Waals surface area contributed by atoms with Crippen LogP contribution >= 0.6 is 0 Å². The first-order chi connectivity index (χ1) is 6.39. The van der Waals surface area contributed by atoms with Crippen LogP contribution < -0.4 is 0 Å². The largest absolute Gasteiger partial charge is 0.486 e. The second-order valence-electron chi connectivity index (χ2n) is 4.57. The highest BCUT2D eigenvalue weighted by molar-refractivity contribution is 6.51. The molecule has 3 nitrogen and oxygen atoms in total. The lowest BCUT2D eigenvalue weighted by Gasteiger charge is -2.32. The number of aliphatic hydroxyl groups is 1. The van der Waals surface area contributed by atoms with Crippen molar-refractivity contribution in [3.63, 3.8) is 0 Å². The van der Waals surface area contributed by atoms with E-state index in [9.17, 15) is 0 Å². The van der Waals surface area contributed by atoms with Crippen LogP contribution in [-0.2, 0) is 9.31 Å². The second kappa shape index (κ2) is 4.05. The van der Waals surface area contributed by atoms with Gasteiger partial charge < -0.3 is 14.4 Å². The SMILES string of the molecule is CC1(C)OB(C=CCCO)OC1(C)C. The first-order valence-corrected chi connectivity index (χ1v) is 5.02. The smallest absolute Gasteiger partial charge is 0.400 e. The molecule has 0 saturated carbocycles. The van der Waals surface area contributed by atoms with E-state index in [1.54, 1.807) is 0 Å². The van der Waals surface area contributed by atoms with Crippen LogP contribution in [0.2, 0.25) is 0 Å². The summed E-state index contributed by atoms with van der Waals surface area (Å²) >= 11 is 0. The fourth-order valence-corrected chi connectivity index (χ4v) is 1.25. The molecule has 0 aromatic carbocycles. The van der Waals surface area contributed by atoms with Crippen LogP contribution in [0.3, 0.4) is 0 Å². The molecule has 0 aliphatic carbocycles. The summed E-state index contributed by atoms with van der Waals surface area (Å²) in [7, 11) is -0.286. The standard InChI is InChI=1S/C10H19BO3/c1-9(2)10(3,4)14-11(13-9)7-5-6-8-12/h5,7,12H,6,8H2,1-4H3. The molecule has 0 radical (unpaired) electrons. The maximum absolute atomic E-state index is 8.61. The summed E-state index contributed by atoms with van der Waals surface area (Å²) in [5.74, 6) is 1.85. The van der Waals surface area contributed by atoms with Crippen molar-refractivity contribution < 1.29 is 14.4 Å². The van der Waals surface area contributed by atoms with Crippen LogP contribution in [0.25, 0.3) is 0 Å². The van der Waals surface area contributed by atoms with Crippen molar-refractivity contribution in [2.45, 2.75) is 45.3 Å². The Morgan fingerprint density at radius 3 is 2.07 bits per heavy atom. The Morgan fingerprint density at radius 2 is 1.64 bits per heavy atom. The molecule has 1 saturated heterocycles. The summed E-state index contributed by atoms with van der Waals surface area (Å²) in [5.41, 5.74) is -0.553. The number of aliphatic hydroxyl groups excluding tert-OH is 1. The molecular formula is C10H19BO3. The van der Waals surface area contributed by atoms with Gasteiger partial charge in [-0.15, -0.1) is 0 Å². The Balaban J connectivity index is 2.55. The van der Waals surface area contributed by atoms with Crippen molar-refractivity contribution in [2.24, 2.45) is 0 Å². The van der Waals surface area contributed by atoms with E-state index in [1.165, 1.54) is 0 Å². The first-order valence-electron chi connectivity index (χ1n) is 5.02. The molecule has 1 aliphatic rings. The Bertz CT molecular complexity index is 207. The molecule has 1 fully saturated rings. The Morgan fingerprint density at radius 1 is 1.14 bits per heavy atom. The van der Waals surface area contributed by atoms with Crippen molar-refractivity contribution in [1.82, 2.24) is 0 Å². The molecule has 0 atom stereocenters. The zero-order chi connectivity index (χ0) is 10.8. The zero-order valence-electron chi connectivity index (χ0n) is 9.41. The zero-order valence-corrected chi connectivity index (χ0v) is 9.41. The quantitative estimate of drug-likeness (QED) is 0.699. The fraction of sp³-hybridized carbons (Fsp3) is 0.800. The highest BCUT2D eigenvalue weighted by atomic mass is 16.7. The maximum atomic E-state index is 8.61. The van der Waals surface area contributed by atoms with Gasteiger partial charge in [-0.05, 0) is 34.1 Å². The van der Waals surface area contributed by atoms with Gasteiger partial charge in [-0.2, -0.15) is 0 Å². The summed E-state index contributed by atoms with van der Waals surface area (Å²) in [6, 6.07) is 0. The molecule has 0 spiro atoms. The van der Waals surface area contributed by atoms with Gasteiger partial charge in [-0.3, -0.25) is 0 Å². The lowest BCUT2D eigenvalue weighted by molar-refractivity contribution is 0.00578. The molecule has 14 heavy (non-hydrogen) atoms. The highest BCUT2D eigenvalue weighted by Gasteiger charge is 2.49. The predicted molar refractivity (Wildman–Crippen MR) is 56.9 cm³/mol. The van der Waals surface area contributed by atoms with E-state index in [0.717, 1.165) is 0 Å². The number of hydrogen-bond donors (Lipinski definition) is 1. The van der Waals surface area contributed by atoms with Crippen LogP contribution in [0.15, 0.2) is 12.1 Å². The lowest BCUT2D eigenvalue weighted by Crippen LogP contribution is -2.41. The Hall–Kier alpha value is -0.315. The van der Waals surface area contributed by atoms with E-state index in [0.29, 0.717) is 6.42 Å². The van der Waals surface area contributed by atoms with Gasteiger partial charge in [-0.25, -0.2) is 0 Å². The van der Waals surface area contributed by atoms with Crippen molar-refractivity contribution in [3.05, 3.63) is 12.1 Å². The van der Waals surface area contributed by atoms with E-state index in [1.807, 2.05) is 39.7 Å². The van der Waals surface area contributed by atoms with E-state index in [4.69, 9.17) is 14.4 Å². The van der Waals surface area contributed by atoms with Gasteiger partial charge in [0.15, 0.2) is 0 Å². The number of hydrogen-bond acceptors (Lipinski definition) is 3. The van der Waals surface area contributed by atoms with Gasteiger partial charge in [-0.1, -0.05) is 12.1 Å². The van der Waals surface area contributed by atoms with E-state index in [-0.39, 0.29) is 24.9 Å². The van der Waals surface area contributed by atoms with Gasteiger partial charge in [0.05, 0.1) is 11.2 Å². The maximum Gasteiger partial charge on any atom is 0.486 e. The van der Waals surface area contributed by atoms with Crippen LogP contribution in [0.4, 0.5) is 0 Å². The molecule has 0 unspecified atom stereocenters. The molecule has 80 valence electrons. The molecule has 1 aliphatic heterocycles. The summed E-state index contributed by atoms with van der Waals surface area (Å²) in [4.78, 5) is 0. The second-order valence-corrected chi connectivity index (χ2v) is 4.57. The molecule has 0 bridgehead atoms. The van der Waals surface area contributed by atoms with E-state index in [2.05, 4.69) is 0 Å². The molecule has 1 heterocycles. The van der Waals surface area contributed by atoms with Crippen LogP contribution in [0.1, 0.15) is 34.1 Å². The normalized spacial score (nSPS) is 24.8. The minimum absolute atomic E-state index is 0.163. The van der Waals surface area contributed by atoms with Gasteiger partial charge in [0.2, 0.25) is 0 Å². The third-order valence-corrected chi connectivity index (χ3v) is 2.86. The minimum atomic E-state index is -0.286. The summed E-state index contributed by atoms with van der Waals surface area (Å²) < 4.78 is 11.4. The van der Waals surface area contributed by atoms with E-state index >= 15 is 0 Å². The monoisotopic (exact) mass is 198 g/mol. The molecule has 1 N–H and O–H groups in total. The average molecular weight is 198 g/mol. The first kappa shape index (κ1) is 11.8. The van der Waals surface area contributed by atoms with Crippen LogP contribution in [0, 0.1) is 0 Å². The summed E-state index contributed by atoms with van der Waals surface area (Å²) in [5, 5.41) is 8.61. The van der Waals surface area contributed by atoms with Gasteiger partial charge >= 0.3 is 7.12 Å². The predicted octanol–water partition coefficient (Wildman–Crippen LogP) is 1.56. The fourth-order valence-electron chi connectivity index (χ4n) is 1.25. The Kier molecular flexibility index (Phi) is 3.40. The average Bonchev–Trinajstić information content (AvgIpc) is 2.21. The molecule has 1 rings (SSSR count). The molecule has 0 aromatic rings. The lowest BCUT2D eigenvalue weighted by atomic mass is 9.90. The van der Waals surface area contributed by atoms with Gasteiger partial charge in [0.1, 0.15) is 0 Å². The summed E-state index contributed by atoms with van der Waals surface area (Å²) in [6.07, 6.45) is 2.52.